The quantitative estimate of drug-likeness (QED) is 0.698. The van der Waals surface area contributed by atoms with Gasteiger partial charge in [-0.2, -0.15) is 0 Å². The Hall–Kier alpha value is -3.48. The van der Waals surface area contributed by atoms with E-state index in [1.54, 1.807) is 41.6 Å². The summed E-state index contributed by atoms with van der Waals surface area (Å²) in [6.07, 6.45) is 3.60. The molecule has 6 nitrogen and oxygen atoms in total. The van der Waals surface area contributed by atoms with E-state index >= 15 is 0 Å². The number of carbonyl (C=O) groups excluding carboxylic acids is 2. The molecule has 4 rings (SSSR count). The Kier molecular flexibility index (Phi) is 5.37. The fourth-order valence-corrected chi connectivity index (χ4v) is 3.37. The zero-order chi connectivity index (χ0) is 20.2. The van der Waals surface area contributed by atoms with Gasteiger partial charge in [-0.3, -0.25) is 14.6 Å². The first-order valence-corrected chi connectivity index (χ1v) is 9.37. The molecule has 1 N–H and O–H groups in total. The van der Waals surface area contributed by atoms with E-state index in [4.69, 9.17) is 4.42 Å². The highest BCUT2D eigenvalue weighted by Gasteiger charge is 2.34. The first-order chi connectivity index (χ1) is 14.1. The van der Waals surface area contributed by atoms with Crippen molar-refractivity contribution in [2.45, 2.75) is 19.5 Å². The summed E-state index contributed by atoms with van der Waals surface area (Å²) in [5, 5.41) is 2.84. The summed E-state index contributed by atoms with van der Waals surface area (Å²) in [5.41, 5.74) is 1.70. The first-order valence-electron chi connectivity index (χ1n) is 9.37. The monoisotopic (exact) mass is 393 g/mol. The summed E-state index contributed by atoms with van der Waals surface area (Å²) >= 11 is 0. The van der Waals surface area contributed by atoms with Crippen molar-refractivity contribution in [3.05, 3.63) is 78.1 Å². The van der Waals surface area contributed by atoms with Gasteiger partial charge in [0.05, 0.1) is 12.5 Å². The van der Waals surface area contributed by atoms with Gasteiger partial charge in [0.25, 0.3) is 0 Å². The number of nitrogens with zero attached hydrogens (tertiary/aromatic N) is 2. The van der Waals surface area contributed by atoms with Crippen molar-refractivity contribution in [1.82, 2.24) is 15.2 Å². The number of amides is 2. The molecule has 0 spiro atoms. The van der Waals surface area contributed by atoms with Crippen LogP contribution in [0.1, 0.15) is 17.7 Å². The van der Waals surface area contributed by atoms with E-state index in [9.17, 15) is 14.0 Å². The molecule has 1 aromatic carbocycles. The molecule has 0 saturated carbocycles. The normalized spacial score (nSPS) is 16.2. The Labute approximate surface area is 167 Å². The number of aromatic nitrogens is 1. The number of likely N-dealkylation sites (tertiary alicyclic amines) is 1. The standard InChI is InChI=1S/C22H20FN3O3/c23-18-5-3-16(4-6-18)20-8-7-19(29-20)12-25-22(28)17-10-21(27)26(14-17)13-15-2-1-9-24-11-15/h1-9,11,17H,10,12-14H2,(H,25,28)/t17-/m1/s1. The van der Waals surface area contributed by atoms with Crippen molar-refractivity contribution in [3.63, 3.8) is 0 Å². The van der Waals surface area contributed by atoms with E-state index < -0.39 is 0 Å². The Morgan fingerprint density at radius 2 is 2.03 bits per heavy atom. The summed E-state index contributed by atoms with van der Waals surface area (Å²) in [6, 6.07) is 13.3. The summed E-state index contributed by atoms with van der Waals surface area (Å²) in [5.74, 6) is 0.293. The fourth-order valence-electron chi connectivity index (χ4n) is 3.37. The minimum absolute atomic E-state index is 0.0365. The highest BCUT2D eigenvalue weighted by Crippen LogP contribution is 2.23. The number of hydrogen-bond donors (Lipinski definition) is 1. The Morgan fingerprint density at radius 1 is 1.21 bits per heavy atom. The third-order valence-corrected chi connectivity index (χ3v) is 4.91. The number of rotatable bonds is 6. The van der Waals surface area contributed by atoms with Gasteiger partial charge in [-0.1, -0.05) is 6.07 Å². The third-order valence-electron chi connectivity index (χ3n) is 4.91. The third kappa shape index (κ3) is 4.51. The van der Waals surface area contributed by atoms with Crippen LogP contribution < -0.4 is 5.32 Å². The molecule has 3 aromatic rings. The van der Waals surface area contributed by atoms with Crippen molar-refractivity contribution in [2.75, 3.05) is 6.54 Å². The van der Waals surface area contributed by atoms with Gasteiger partial charge in [0.2, 0.25) is 11.8 Å². The van der Waals surface area contributed by atoms with E-state index in [2.05, 4.69) is 10.3 Å². The Morgan fingerprint density at radius 3 is 2.79 bits per heavy atom. The fraction of sp³-hybridized carbons (Fsp3) is 0.227. The van der Waals surface area contributed by atoms with Crippen LogP contribution in [0.4, 0.5) is 4.39 Å². The second-order valence-electron chi connectivity index (χ2n) is 7.03. The van der Waals surface area contributed by atoms with Crippen LogP contribution in [0.3, 0.4) is 0 Å². The topological polar surface area (TPSA) is 75.4 Å². The van der Waals surface area contributed by atoms with Gasteiger partial charge in [-0.05, 0) is 48.0 Å². The maximum absolute atomic E-state index is 13.0. The van der Waals surface area contributed by atoms with Crippen LogP contribution >= 0.6 is 0 Å². The highest BCUT2D eigenvalue weighted by molar-refractivity contribution is 5.89. The second-order valence-corrected chi connectivity index (χ2v) is 7.03. The molecule has 29 heavy (non-hydrogen) atoms. The van der Waals surface area contributed by atoms with E-state index in [0.717, 1.165) is 11.1 Å². The van der Waals surface area contributed by atoms with Crippen LogP contribution in [0.5, 0.6) is 0 Å². The number of pyridine rings is 1. The second kappa shape index (κ2) is 8.26. The largest absolute Gasteiger partial charge is 0.459 e. The van der Waals surface area contributed by atoms with Gasteiger partial charge in [0.15, 0.2) is 0 Å². The molecular weight excluding hydrogens is 373 g/mol. The first kappa shape index (κ1) is 18.9. The number of nitrogens with one attached hydrogen (secondary N) is 1. The number of hydrogen-bond acceptors (Lipinski definition) is 4. The average Bonchev–Trinajstić information content (AvgIpc) is 3.35. The molecule has 148 valence electrons. The smallest absolute Gasteiger partial charge is 0.225 e. The van der Waals surface area contributed by atoms with Crippen molar-refractivity contribution >= 4 is 11.8 Å². The van der Waals surface area contributed by atoms with Crippen LogP contribution in [0.25, 0.3) is 11.3 Å². The van der Waals surface area contributed by atoms with Crippen LogP contribution in [0.15, 0.2) is 65.3 Å². The van der Waals surface area contributed by atoms with Gasteiger partial charge in [0, 0.05) is 37.5 Å². The van der Waals surface area contributed by atoms with Gasteiger partial charge >= 0.3 is 0 Å². The molecule has 0 bridgehead atoms. The molecule has 3 heterocycles. The van der Waals surface area contributed by atoms with Crippen molar-refractivity contribution in [1.29, 1.82) is 0 Å². The minimum Gasteiger partial charge on any atom is -0.459 e. The summed E-state index contributed by atoms with van der Waals surface area (Å²) in [7, 11) is 0. The molecule has 1 aliphatic rings. The van der Waals surface area contributed by atoms with Crippen molar-refractivity contribution < 1.29 is 18.4 Å². The SMILES string of the molecule is O=C(NCc1ccc(-c2ccc(F)cc2)o1)[C@@H]1CC(=O)N(Cc2cccnc2)C1. The summed E-state index contributed by atoms with van der Waals surface area (Å²) in [4.78, 5) is 30.5. The minimum atomic E-state index is -0.384. The molecule has 0 aliphatic carbocycles. The lowest BCUT2D eigenvalue weighted by Gasteiger charge is -2.16. The van der Waals surface area contributed by atoms with Crippen molar-refractivity contribution in [2.24, 2.45) is 5.92 Å². The van der Waals surface area contributed by atoms with Gasteiger partial charge < -0.3 is 14.6 Å². The predicted molar refractivity (Wildman–Crippen MR) is 104 cm³/mol. The molecule has 2 amide bonds. The zero-order valence-corrected chi connectivity index (χ0v) is 15.7. The molecule has 1 atom stereocenters. The van der Waals surface area contributed by atoms with Crippen molar-refractivity contribution in [3.8, 4) is 11.3 Å². The lowest BCUT2D eigenvalue weighted by Crippen LogP contribution is -2.32. The predicted octanol–water partition coefficient (Wildman–Crippen LogP) is 3.15. The maximum Gasteiger partial charge on any atom is 0.225 e. The number of carbonyl (C=O) groups is 2. The van der Waals surface area contributed by atoms with E-state index in [-0.39, 0.29) is 36.5 Å². The lowest BCUT2D eigenvalue weighted by molar-refractivity contribution is -0.129. The molecule has 1 saturated heterocycles. The molecular formula is C22H20FN3O3. The van der Waals surface area contributed by atoms with Gasteiger partial charge in [0.1, 0.15) is 17.3 Å². The van der Waals surface area contributed by atoms with E-state index in [1.165, 1.54) is 12.1 Å². The van der Waals surface area contributed by atoms with Crippen LogP contribution in [-0.2, 0) is 22.7 Å². The van der Waals surface area contributed by atoms with E-state index in [1.807, 2.05) is 12.1 Å². The molecule has 1 aliphatic heterocycles. The molecule has 2 aromatic heterocycles. The molecule has 1 fully saturated rings. The maximum atomic E-state index is 13.0. The zero-order valence-electron chi connectivity index (χ0n) is 15.7. The van der Waals surface area contributed by atoms with Crippen LogP contribution in [-0.4, -0.2) is 28.2 Å². The van der Waals surface area contributed by atoms with Gasteiger partial charge in [-0.15, -0.1) is 0 Å². The Balaban J connectivity index is 1.31. The number of benzene rings is 1. The highest BCUT2D eigenvalue weighted by atomic mass is 19.1. The number of halogens is 1. The van der Waals surface area contributed by atoms with Crippen LogP contribution in [0.2, 0.25) is 0 Å². The van der Waals surface area contributed by atoms with Gasteiger partial charge in [-0.25, -0.2) is 4.39 Å². The van der Waals surface area contributed by atoms with Crippen LogP contribution in [0, 0.1) is 11.7 Å². The molecule has 7 heteroatoms. The van der Waals surface area contributed by atoms with E-state index in [0.29, 0.717) is 24.6 Å². The summed E-state index contributed by atoms with van der Waals surface area (Å²) in [6.45, 7) is 1.07. The average molecular weight is 393 g/mol. The molecule has 0 radical (unpaired) electrons. The number of furan rings is 1. The molecule has 0 unspecified atom stereocenters. The Bertz CT molecular complexity index is 1000. The summed E-state index contributed by atoms with van der Waals surface area (Å²) < 4.78 is 18.8. The lowest BCUT2D eigenvalue weighted by atomic mass is 10.1.